The van der Waals surface area contributed by atoms with Gasteiger partial charge in [-0.25, -0.2) is 0 Å². The van der Waals surface area contributed by atoms with Gasteiger partial charge in [0.2, 0.25) is 0 Å². The van der Waals surface area contributed by atoms with Crippen LogP contribution in [0.25, 0.3) is 89.0 Å². The van der Waals surface area contributed by atoms with Crippen molar-refractivity contribution in [3.05, 3.63) is 289 Å². The maximum atomic E-state index is 6.20. The van der Waals surface area contributed by atoms with Crippen LogP contribution in [0.1, 0.15) is 89.5 Å². The second kappa shape index (κ2) is 28.1. The molecule has 0 amide bonds. The highest BCUT2D eigenvalue weighted by molar-refractivity contribution is 5.97. The lowest BCUT2D eigenvalue weighted by molar-refractivity contribution is 0.321. The Labute approximate surface area is 555 Å². The molecule has 20 bridgehead atoms. The number of nitrogens with zero attached hydrogens (tertiary/aromatic N) is 2. The maximum absolute atomic E-state index is 6.20. The highest BCUT2D eigenvalue weighted by atomic mass is 16.5. The first-order valence-corrected chi connectivity index (χ1v) is 33.0. The van der Waals surface area contributed by atoms with Crippen LogP contribution < -0.4 is 18.9 Å². The fourth-order valence-electron chi connectivity index (χ4n) is 12.0. The second-order valence-electron chi connectivity index (χ2n) is 26.4. The lowest BCUT2D eigenvalue weighted by Crippen LogP contribution is -2.11. The molecule has 0 saturated carbocycles. The highest BCUT2D eigenvalue weighted by Gasteiger charge is 2.23. The van der Waals surface area contributed by atoms with E-state index in [-0.39, 0.29) is 10.8 Å². The summed E-state index contributed by atoms with van der Waals surface area (Å²) in [5.74, 6) is 3.40. The van der Waals surface area contributed by atoms with Crippen LogP contribution >= 0.6 is 0 Å². The zero-order chi connectivity index (χ0) is 64.4. The second-order valence-corrected chi connectivity index (χ2v) is 26.4. The van der Waals surface area contributed by atoms with Crippen LogP contribution in [0.5, 0.6) is 23.0 Å². The molecular formula is C88H80N2O4. The summed E-state index contributed by atoms with van der Waals surface area (Å²) in [6, 6.07) is 87.2. The molecule has 0 N–H and O–H groups in total. The van der Waals surface area contributed by atoms with Gasteiger partial charge in [-0.3, -0.25) is 9.98 Å². The van der Waals surface area contributed by atoms with E-state index in [4.69, 9.17) is 28.9 Å². The van der Waals surface area contributed by atoms with Crippen molar-refractivity contribution in [3.8, 4) is 112 Å². The Hall–Kier alpha value is -10.6. The maximum Gasteiger partial charge on any atom is 0.119 e. The first kappa shape index (κ1) is 62.3. The summed E-state index contributed by atoms with van der Waals surface area (Å²) in [5.41, 5.74) is 23.4. The molecule has 0 atom stereocenters. The fourth-order valence-corrected chi connectivity index (χ4v) is 12.0. The van der Waals surface area contributed by atoms with E-state index in [0.29, 0.717) is 26.4 Å². The van der Waals surface area contributed by atoms with Crippen LogP contribution in [-0.4, -0.2) is 38.9 Å². The molecule has 18 aliphatic rings. The predicted molar refractivity (Wildman–Crippen MR) is 393 cm³/mol. The molecule has 11 aromatic rings. The average Bonchev–Trinajstić information content (AvgIpc) is 0.783. The van der Waals surface area contributed by atoms with Crippen LogP contribution in [0.3, 0.4) is 0 Å². The third kappa shape index (κ3) is 15.0. The number of ether oxygens (including phenoxy) is 4. The average molecular weight is 1230 g/mol. The molecule has 0 aliphatic carbocycles. The van der Waals surface area contributed by atoms with E-state index in [1.165, 1.54) is 11.1 Å². The molecule has 0 spiro atoms. The van der Waals surface area contributed by atoms with Gasteiger partial charge in [-0.2, -0.15) is 0 Å². The van der Waals surface area contributed by atoms with Crippen molar-refractivity contribution in [1.82, 2.24) is 0 Å². The van der Waals surface area contributed by atoms with E-state index in [2.05, 4.69) is 309 Å². The van der Waals surface area contributed by atoms with E-state index in [1.54, 1.807) is 0 Å². The quantitative estimate of drug-likeness (QED) is 0.142. The van der Waals surface area contributed by atoms with Gasteiger partial charge in [-0.15, -0.1) is 0 Å². The minimum atomic E-state index is -0.155. The first-order chi connectivity index (χ1) is 45.8. The standard InChI is InChI=1S/C88H80N2O4/c1-87(2,3)75-55-81-71-27-19-63(20-28-71)67-35-43-77(44-36-67)91-51-11-7-9-13-53-93-79-47-39-69(40-48-79)65-23-31-73(32-24-65)83-57-76(88(4,5)6)58-84-74-33-25-66(26-34-74)70-41-49-80(50-42-70)94-54-14-10-8-12-52-92-78-45-37-68(38-46-78)64-21-29-72(30-22-64)82(56-75)85(81)89-59-61-15-17-62(18-16-61)60-90-86(83)84/h7-10,15-50,55-60H,11-14,51-54H2,1-6H3. The molecule has 0 saturated heterocycles. The molecule has 0 unspecified atom stereocenters. The summed E-state index contributed by atoms with van der Waals surface area (Å²) in [4.78, 5) is 11.0. The number of hydrogen-bond donors (Lipinski definition) is 0. The van der Waals surface area contributed by atoms with Crippen molar-refractivity contribution in [2.24, 2.45) is 9.98 Å². The molecule has 18 aliphatic heterocycles. The van der Waals surface area contributed by atoms with Crippen LogP contribution in [0, 0.1) is 0 Å². The van der Waals surface area contributed by atoms with E-state index >= 15 is 0 Å². The number of benzene rings is 11. The molecule has 6 nitrogen and oxygen atoms in total. The van der Waals surface area contributed by atoms with Gasteiger partial charge < -0.3 is 18.9 Å². The minimum absolute atomic E-state index is 0.155. The monoisotopic (exact) mass is 1230 g/mol. The molecule has 11 aromatic carbocycles. The van der Waals surface area contributed by atoms with E-state index < -0.39 is 0 Å². The van der Waals surface area contributed by atoms with Crippen molar-refractivity contribution >= 4 is 23.8 Å². The van der Waals surface area contributed by atoms with Crippen LogP contribution in [0.15, 0.2) is 277 Å². The Morgan fingerprint density at radius 1 is 0.245 bits per heavy atom. The Morgan fingerprint density at radius 2 is 0.436 bits per heavy atom. The van der Waals surface area contributed by atoms with E-state index in [1.807, 2.05) is 12.4 Å². The molecule has 0 aromatic heterocycles. The van der Waals surface area contributed by atoms with Crippen LogP contribution in [-0.2, 0) is 10.8 Å². The van der Waals surface area contributed by atoms with Gasteiger partial charge in [0.1, 0.15) is 23.0 Å². The summed E-state index contributed by atoms with van der Waals surface area (Å²) in [6.45, 7) is 16.1. The van der Waals surface area contributed by atoms with Crippen LogP contribution in [0.2, 0.25) is 0 Å². The van der Waals surface area contributed by atoms with Gasteiger partial charge in [-0.05, 0) is 198 Å². The largest absolute Gasteiger partial charge is 0.493 e. The molecule has 94 heavy (non-hydrogen) atoms. The minimum Gasteiger partial charge on any atom is -0.493 e. The predicted octanol–water partition coefficient (Wildman–Crippen LogP) is 23.3. The van der Waals surface area contributed by atoms with Gasteiger partial charge in [-0.1, -0.05) is 236 Å². The first-order valence-electron chi connectivity index (χ1n) is 33.0. The molecule has 18 heterocycles. The van der Waals surface area contributed by atoms with Crippen molar-refractivity contribution < 1.29 is 18.9 Å². The smallest absolute Gasteiger partial charge is 0.119 e. The zero-order valence-electron chi connectivity index (χ0n) is 54.7. The summed E-state index contributed by atoms with van der Waals surface area (Å²) < 4.78 is 24.8. The summed E-state index contributed by atoms with van der Waals surface area (Å²) in [6.07, 6.45) is 15.9. The van der Waals surface area contributed by atoms with E-state index in [0.717, 1.165) is 160 Å². The van der Waals surface area contributed by atoms with Gasteiger partial charge in [0.25, 0.3) is 0 Å². The van der Waals surface area contributed by atoms with Gasteiger partial charge in [0.15, 0.2) is 0 Å². The third-order valence-electron chi connectivity index (χ3n) is 17.7. The van der Waals surface area contributed by atoms with Crippen LogP contribution in [0.4, 0.5) is 11.4 Å². The summed E-state index contributed by atoms with van der Waals surface area (Å²) in [7, 11) is 0. The molecule has 0 radical (unpaired) electrons. The van der Waals surface area contributed by atoms with Crippen molar-refractivity contribution in [2.75, 3.05) is 26.4 Å². The third-order valence-corrected chi connectivity index (χ3v) is 17.7. The molecule has 6 heteroatoms. The Kier molecular flexibility index (Phi) is 18.6. The summed E-state index contributed by atoms with van der Waals surface area (Å²) >= 11 is 0. The van der Waals surface area contributed by atoms with E-state index in [9.17, 15) is 0 Å². The fraction of sp³-hybridized carbons (Fsp3) is 0.182. The molecule has 29 rings (SSSR count). The zero-order valence-corrected chi connectivity index (χ0v) is 54.7. The van der Waals surface area contributed by atoms with Gasteiger partial charge >= 0.3 is 0 Å². The van der Waals surface area contributed by atoms with Gasteiger partial charge in [0.05, 0.1) is 37.8 Å². The summed E-state index contributed by atoms with van der Waals surface area (Å²) in [5, 5.41) is 0. The molecule has 466 valence electrons. The molecular weight excluding hydrogens is 1150 g/mol. The van der Waals surface area contributed by atoms with Crippen molar-refractivity contribution in [1.29, 1.82) is 0 Å². The van der Waals surface area contributed by atoms with Gasteiger partial charge in [0, 0.05) is 34.7 Å². The lowest BCUT2D eigenvalue weighted by Gasteiger charge is -2.24. The topological polar surface area (TPSA) is 61.6 Å². The number of aliphatic imine (C=N–C) groups is 2. The normalized spacial score (nSPS) is 13.7. The number of hydrogen-bond acceptors (Lipinski definition) is 6. The Bertz CT molecular complexity index is 3970. The lowest BCUT2D eigenvalue weighted by atomic mass is 9.82. The SMILES string of the molecule is CC(C)(C)c1cc2c3c(c1)-c1ccc(cc1)-c1ccc(cc1)OCCC=CCCOc1ccc(cc1)-c1ccc(cc1)-c1cc(C(C)(C)C)cc(c1N=Cc1ccc(cc1)C=N3)-c1ccc(cc1)-c1ccc(cc1)OCCC=CCCOc1ccc(cc1)-c1ccc-2cc1. The Morgan fingerprint density at radius 3 is 0.638 bits per heavy atom. The molecule has 0 fully saturated rings. The highest BCUT2D eigenvalue weighted by Crippen LogP contribution is 2.46. The van der Waals surface area contributed by atoms with Crippen molar-refractivity contribution in [3.63, 3.8) is 0 Å². The number of rotatable bonds is 0. The van der Waals surface area contributed by atoms with Crippen molar-refractivity contribution in [2.45, 2.75) is 78.1 Å². The Balaban J connectivity index is 0.934.